The van der Waals surface area contributed by atoms with Crippen LogP contribution in [0.15, 0.2) is 25.3 Å². The highest BCUT2D eigenvalue weighted by atomic mass is 16.6. The third-order valence-electron chi connectivity index (χ3n) is 2.72. The van der Waals surface area contributed by atoms with Gasteiger partial charge in [0.15, 0.2) is 6.29 Å². The number of hydrogen-bond donors (Lipinski definition) is 2. The maximum absolute atomic E-state index is 11.3. The van der Waals surface area contributed by atoms with Gasteiger partial charge in [0.2, 0.25) is 0 Å². The molecule has 0 amide bonds. The number of esters is 2. The quantitative estimate of drug-likeness (QED) is 0.354. The minimum Gasteiger partial charge on any atom is -0.462 e. The molecule has 1 unspecified atom stereocenters. The second-order valence-corrected chi connectivity index (χ2v) is 4.57. The number of carbonyl (C=O) groups is 2. The van der Waals surface area contributed by atoms with Crippen LogP contribution in [0.5, 0.6) is 0 Å². The van der Waals surface area contributed by atoms with Crippen molar-refractivity contribution >= 4 is 11.9 Å². The molecule has 0 aliphatic rings. The van der Waals surface area contributed by atoms with Gasteiger partial charge in [-0.05, 0) is 26.2 Å². The van der Waals surface area contributed by atoms with E-state index in [9.17, 15) is 9.59 Å². The fourth-order valence-electron chi connectivity index (χ4n) is 1.60. The summed E-state index contributed by atoms with van der Waals surface area (Å²) in [5, 5.41) is 17.6. The maximum atomic E-state index is 11.3. The van der Waals surface area contributed by atoms with Crippen LogP contribution in [0.3, 0.4) is 0 Å². The van der Waals surface area contributed by atoms with E-state index in [0.717, 1.165) is 12.2 Å². The Hall–Kier alpha value is -1.66. The van der Waals surface area contributed by atoms with E-state index in [2.05, 4.69) is 13.2 Å². The Morgan fingerprint density at radius 2 is 1.80 bits per heavy atom. The Bertz CT molecular complexity index is 350. The lowest BCUT2D eigenvalue weighted by Gasteiger charge is -2.29. The Balaban J connectivity index is 4.43. The van der Waals surface area contributed by atoms with Crippen LogP contribution >= 0.6 is 0 Å². The van der Waals surface area contributed by atoms with E-state index >= 15 is 0 Å². The molecule has 0 saturated carbocycles. The molecule has 0 saturated heterocycles. The summed E-state index contributed by atoms with van der Waals surface area (Å²) in [5.74, 6) is -1.12. The number of aliphatic hydroxyl groups excluding tert-OH is 1. The highest BCUT2D eigenvalue weighted by molar-refractivity contribution is 5.81. The first-order valence-electron chi connectivity index (χ1n) is 6.33. The van der Waals surface area contributed by atoms with Crippen LogP contribution in [0.1, 0.15) is 32.6 Å². The van der Waals surface area contributed by atoms with Crippen LogP contribution in [0, 0.1) is 0 Å². The van der Waals surface area contributed by atoms with E-state index in [-0.39, 0.29) is 13.0 Å². The summed E-state index contributed by atoms with van der Waals surface area (Å²) in [4.78, 5) is 22.3. The summed E-state index contributed by atoms with van der Waals surface area (Å²) in [6, 6.07) is 0. The molecular weight excluding hydrogens is 264 g/mol. The second kappa shape index (κ2) is 9.28. The van der Waals surface area contributed by atoms with Gasteiger partial charge in [0.05, 0.1) is 6.61 Å². The molecule has 6 heteroatoms. The first kappa shape index (κ1) is 18.3. The number of aliphatic hydroxyl groups is 2. The molecule has 0 fully saturated rings. The molecule has 0 rings (SSSR count). The van der Waals surface area contributed by atoms with Crippen molar-refractivity contribution in [1.29, 1.82) is 0 Å². The van der Waals surface area contributed by atoms with Gasteiger partial charge in [-0.1, -0.05) is 13.2 Å². The van der Waals surface area contributed by atoms with Crippen LogP contribution in [0.25, 0.3) is 0 Å². The Kier molecular flexibility index (Phi) is 8.51. The van der Waals surface area contributed by atoms with E-state index in [4.69, 9.17) is 19.7 Å². The van der Waals surface area contributed by atoms with Gasteiger partial charge in [-0.2, -0.15) is 0 Å². The van der Waals surface area contributed by atoms with Gasteiger partial charge in [0.1, 0.15) is 5.60 Å². The Morgan fingerprint density at radius 3 is 2.30 bits per heavy atom. The fraction of sp³-hybridized carbons (Fsp3) is 0.571. The lowest BCUT2D eigenvalue weighted by molar-refractivity contribution is -0.155. The van der Waals surface area contributed by atoms with Gasteiger partial charge in [0.25, 0.3) is 0 Å². The summed E-state index contributed by atoms with van der Waals surface area (Å²) >= 11 is 0. The molecule has 6 nitrogen and oxygen atoms in total. The smallest absolute Gasteiger partial charge is 0.330 e. The molecule has 0 aliphatic heterocycles. The highest BCUT2D eigenvalue weighted by Crippen LogP contribution is 2.24. The van der Waals surface area contributed by atoms with Crippen molar-refractivity contribution in [3.63, 3.8) is 0 Å². The molecule has 0 aromatic carbocycles. The lowest BCUT2D eigenvalue weighted by atomic mass is 9.95. The topological polar surface area (TPSA) is 93.1 Å². The molecule has 20 heavy (non-hydrogen) atoms. The number of ether oxygens (including phenoxy) is 2. The molecule has 0 bridgehead atoms. The monoisotopic (exact) mass is 286 g/mol. The first-order valence-corrected chi connectivity index (χ1v) is 6.33. The summed E-state index contributed by atoms with van der Waals surface area (Å²) in [6.45, 7) is 8.37. The molecule has 0 radical (unpaired) electrons. The summed E-state index contributed by atoms with van der Waals surface area (Å²) in [7, 11) is 0. The fourth-order valence-corrected chi connectivity index (χ4v) is 1.60. The van der Waals surface area contributed by atoms with Crippen molar-refractivity contribution in [2.45, 2.75) is 44.5 Å². The van der Waals surface area contributed by atoms with Crippen molar-refractivity contribution in [3.8, 4) is 0 Å². The van der Waals surface area contributed by atoms with Gasteiger partial charge in [0, 0.05) is 18.6 Å². The normalized spacial score (nSPS) is 13.4. The summed E-state index contributed by atoms with van der Waals surface area (Å²) < 4.78 is 10.1. The van der Waals surface area contributed by atoms with Crippen molar-refractivity contribution in [1.82, 2.24) is 0 Å². The van der Waals surface area contributed by atoms with E-state index in [1.54, 1.807) is 6.92 Å². The van der Waals surface area contributed by atoms with Gasteiger partial charge in [-0.3, -0.25) is 0 Å². The number of carbonyl (C=O) groups excluding carboxylic acids is 2. The molecule has 0 spiro atoms. The zero-order valence-electron chi connectivity index (χ0n) is 11.7. The van der Waals surface area contributed by atoms with E-state index < -0.39 is 23.8 Å². The average molecular weight is 286 g/mol. The molecule has 2 N–H and O–H groups in total. The largest absolute Gasteiger partial charge is 0.462 e. The molecule has 0 heterocycles. The number of hydrogen-bond acceptors (Lipinski definition) is 6. The highest BCUT2D eigenvalue weighted by Gasteiger charge is 2.28. The van der Waals surface area contributed by atoms with Crippen LogP contribution < -0.4 is 0 Å². The Morgan fingerprint density at radius 1 is 1.20 bits per heavy atom. The van der Waals surface area contributed by atoms with Crippen LogP contribution in [0.4, 0.5) is 0 Å². The summed E-state index contributed by atoms with van der Waals surface area (Å²) in [6.07, 6.45) is 2.04. The van der Waals surface area contributed by atoms with E-state index in [0.29, 0.717) is 19.3 Å². The van der Waals surface area contributed by atoms with Crippen LogP contribution in [0.2, 0.25) is 0 Å². The zero-order chi connectivity index (χ0) is 15.6. The van der Waals surface area contributed by atoms with Gasteiger partial charge >= 0.3 is 11.9 Å². The van der Waals surface area contributed by atoms with Gasteiger partial charge < -0.3 is 19.7 Å². The zero-order valence-corrected chi connectivity index (χ0v) is 11.7. The maximum Gasteiger partial charge on any atom is 0.330 e. The molecule has 0 aromatic heterocycles. The molecule has 114 valence electrons. The first-order chi connectivity index (χ1) is 9.33. The van der Waals surface area contributed by atoms with Crippen molar-refractivity contribution in [3.05, 3.63) is 25.3 Å². The number of rotatable bonds is 10. The van der Waals surface area contributed by atoms with Crippen molar-refractivity contribution in [2.24, 2.45) is 0 Å². The standard InChI is InChI=1S/C14H22O6/c1-4-12(17)19-10-9-14(3,20-13(18)5-2)8-6-7-11(15)16/h4-5,11,15-16H,1-2,6-10H2,3H3. The third kappa shape index (κ3) is 8.44. The van der Waals surface area contributed by atoms with E-state index in [1.165, 1.54) is 0 Å². The minimum absolute atomic E-state index is 0.0768. The minimum atomic E-state index is -1.40. The average Bonchev–Trinajstić information content (AvgIpc) is 2.37. The van der Waals surface area contributed by atoms with E-state index in [1.807, 2.05) is 0 Å². The molecule has 0 aromatic rings. The van der Waals surface area contributed by atoms with Gasteiger partial charge in [-0.25, -0.2) is 9.59 Å². The third-order valence-corrected chi connectivity index (χ3v) is 2.72. The summed E-state index contributed by atoms with van der Waals surface area (Å²) in [5.41, 5.74) is -0.860. The van der Waals surface area contributed by atoms with Gasteiger partial charge in [-0.15, -0.1) is 0 Å². The van der Waals surface area contributed by atoms with Crippen LogP contribution in [-0.4, -0.2) is 40.6 Å². The predicted molar refractivity (Wildman–Crippen MR) is 72.5 cm³/mol. The molecular formula is C14H22O6. The van der Waals surface area contributed by atoms with Crippen LogP contribution in [-0.2, 0) is 19.1 Å². The molecule has 1 atom stereocenters. The lowest BCUT2D eigenvalue weighted by Crippen LogP contribution is -2.33. The predicted octanol–water partition coefficient (Wildman–Crippen LogP) is 1.07. The van der Waals surface area contributed by atoms with Crippen molar-refractivity contribution < 1.29 is 29.3 Å². The SMILES string of the molecule is C=CC(=O)OCCC(C)(CCCC(O)O)OC(=O)C=C. The van der Waals surface area contributed by atoms with Crippen molar-refractivity contribution in [2.75, 3.05) is 6.61 Å². The molecule has 0 aliphatic carbocycles. The Labute approximate surface area is 118 Å². The second-order valence-electron chi connectivity index (χ2n) is 4.57.